The molecule has 0 aliphatic rings. The van der Waals surface area contributed by atoms with Gasteiger partial charge in [0.2, 0.25) is 0 Å². The van der Waals surface area contributed by atoms with Crippen LogP contribution in [-0.2, 0) is 4.74 Å². The van der Waals surface area contributed by atoms with Gasteiger partial charge in [0.1, 0.15) is 0 Å². The van der Waals surface area contributed by atoms with Crippen molar-refractivity contribution >= 4 is 10.8 Å². The Morgan fingerprint density at radius 3 is 3.06 bits per heavy atom. The van der Waals surface area contributed by atoms with Gasteiger partial charge in [0.25, 0.3) is 0 Å². The molecule has 0 aliphatic heterocycles. The maximum Gasteiger partial charge on any atom is 0.0466 e. The number of benzene rings is 1. The van der Waals surface area contributed by atoms with Crippen molar-refractivity contribution in [1.29, 1.82) is 0 Å². The minimum Gasteiger partial charge on any atom is -0.382 e. The summed E-state index contributed by atoms with van der Waals surface area (Å²) in [5, 5.41) is 2.35. The molecule has 2 rings (SSSR count). The number of hydrogen-bond acceptors (Lipinski definition) is 3. The lowest BCUT2D eigenvalue weighted by atomic mass is 9.97. The Morgan fingerprint density at radius 2 is 2.22 bits per heavy atom. The van der Waals surface area contributed by atoms with E-state index in [1.165, 1.54) is 10.9 Å². The van der Waals surface area contributed by atoms with Crippen LogP contribution in [0.4, 0.5) is 0 Å². The summed E-state index contributed by atoms with van der Waals surface area (Å²) in [6.45, 7) is 3.57. The van der Waals surface area contributed by atoms with E-state index in [0.717, 1.165) is 31.4 Å². The molecule has 3 nitrogen and oxygen atoms in total. The first-order chi connectivity index (χ1) is 8.83. The molecule has 0 radical (unpaired) electrons. The van der Waals surface area contributed by atoms with Crippen molar-refractivity contribution in [3.8, 4) is 0 Å². The molecular formula is C15H20N2O. The summed E-state index contributed by atoms with van der Waals surface area (Å²) in [7, 11) is 0. The Morgan fingerprint density at radius 1 is 1.33 bits per heavy atom. The molecule has 3 heteroatoms. The first kappa shape index (κ1) is 13.0. The Kier molecular flexibility index (Phi) is 4.67. The van der Waals surface area contributed by atoms with E-state index >= 15 is 0 Å². The number of ether oxygens (including phenoxy) is 1. The van der Waals surface area contributed by atoms with Crippen molar-refractivity contribution in [3.05, 3.63) is 42.2 Å². The fraction of sp³-hybridized carbons (Fsp3) is 0.400. The highest BCUT2D eigenvalue weighted by Gasteiger charge is 2.09. The van der Waals surface area contributed by atoms with Gasteiger partial charge < -0.3 is 10.5 Å². The molecule has 0 bridgehead atoms. The first-order valence-corrected chi connectivity index (χ1v) is 6.49. The summed E-state index contributed by atoms with van der Waals surface area (Å²) in [5.74, 6) is 0. The molecular weight excluding hydrogens is 224 g/mol. The number of hydrogen-bond donors (Lipinski definition) is 1. The molecule has 0 amide bonds. The summed E-state index contributed by atoms with van der Waals surface area (Å²) >= 11 is 0. The highest BCUT2D eigenvalue weighted by Crippen LogP contribution is 2.24. The van der Waals surface area contributed by atoms with Crippen molar-refractivity contribution in [3.63, 3.8) is 0 Å². The topological polar surface area (TPSA) is 48.1 Å². The Bertz CT molecular complexity index is 493. The normalized spacial score (nSPS) is 12.8. The maximum absolute atomic E-state index is 6.27. The third-order valence-electron chi connectivity index (χ3n) is 3.12. The van der Waals surface area contributed by atoms with Gasteiger partial charge in [-0.25, -0.2) is 0 Å². The van der Waals surface area contributed by atoms with Crippen LogP contribution in [0, 0.1) is 0 Å². The van der Waals surface area contributed by atoms with Crippen LogP contribution in [0.3, 0.4) is 0 Å². The van der Waals surface area contributed by atoms with Crippen LogP contribution >= 0.6 is 0 Å². The summed E-state index contributed by atoms with van der Waals surface area (Å²) in [6.07, 6.45) is 5.64. The van der Waals surface area contributed by atoms with Gasteiger partial charge in [0.15, 0.2) is 0 Å². The second kappa shape index (κ2) is 6.47. The van der Waals surface area contributed by atoms with Gasteiger partial charge in [-0.3, -0.25) is 4.98 Å². The molecule has 1 aromatic carbocycles. The van der Waals surface area contributed by atoms with E-state index in [-0.39, 0.29) is 6.04 Å². The summed E-state index contributed by atoms with van der Waals surface area (Å²) < 4.78 is 5.34. The lowest BCUT2D eigenvalue weighted by molar-refractivity contribution is 0.142. The smallest absolute Gasteiger partial charge is 0.0466 e. The third-order valence-corrected chi connectivity index (χ3v) is 3.12. The van der Waals surface area contributed by atoms with E-state index < -0.39 is 0 Å². The second-order valence-corrected chi connectivity index (χ2v) is 4.39. The molecule has 0 saturated carbocycles. The lowest BCUT2D eigenvalue weighted by Crippen LogP contribution is -2.11. The van der Waals surface area contributed by atoms with Crippen molar-refractivity contribution in [2.24, 2.45) is 5.73 Å². The van der Waals surface area contributed by atoms with Crippen LogP contribution in [0.15, 0.2) is 36.7 Å². The lowest BCUT2D eigenvalue weighted by Gasteiger charge is -2.14. The zero-order valence-corrected chi connectivity index (χ0v) is 10.8. The molecule has 18 heavy (non-hydrogen) atoms. The van der Waals surface area contributed by atoms with E-state index in [4.69, 9.17) is 10.5 Å². The van der Waals surface area contributed by atoms with Crippen molar-refractivity contribution < 1.29 is 4.74 Å². The highest BCUT2D eigenvalue weighted by molar-refractivity contribution is 5.85. The average molecular weight is 244 g/mol. The average Bonchev–Trinajstić information content (AvgIpc) is 2.43. The molecule has 2 aromatic rings. The van der Waals surface area contributed by atoms with E-state index in [9.17, 15) is 0 Å². The Hall–Kier alpha value is -1.45. The number of fused-ring (bicyclic) bond motifs is 1. The predicted octanol–water partition coefficient (Wildman–Crippen LogP) is 3.05. The van der Waals surface area contributed by atoms with E-state index in [0.29, 0.717) is 0 Å². The van der Waals surface area contributed by atoms with Gasteiger partial charge in [-0.15, -0.1) is 0 Å². The monoisotopic (exact) mass is 244 g/mol. The number of rotatable bonds is 6. The predicted molar refractivity (Wildman–Crippen MR) is 74.4 cm³/mol. The molecule has 1 atom stereocenters. The van der Waals surface area contributed by atoms with Gasteiger partial charge in [-0.05, 0) is 36.8 Å². The molecule has 2 N–H and O–H groups in total. The van der Waals surface area contributed by atoms with Crippen molar-refractivity contribution in [2.45, 2.75) is 25.8 Å². The largest absolute Gasteiger partial charge is 0.382 e. The molecule has 0 fully saturated rings. The molecule has 0 spiro atoms. The quantitative estimate of drug-likeness (QED) is 0.794. The summed E-state index contributed by atoms with van der Waals surface area (Å²) in [6, 6.07) is 8.32. The molecule has 1 aromatic heterocycles. The number of nitrogens with two attached hydrogens (primary N) is 1. The maximum atomic E-state index is 6.27. The highest BCUT2D eigenvalue weighted by atomic mass is 16.5. The molecule has 1 heterocycles. The van der Waals surface area contributed by atoms with Gasteiger partial charge >= 0.3 is 0 Å². The molecule has 1 unspecified atom stereocenters. The number of nitrogens with zero attached hydrogens (tertiary/aromatic N) is 1. The van der Waals surface area contributed by atoms with Crippen LogP contribution in [0.25, 0.3) is 10.8 Å². The van der Waals surface area contributed by atoms with Crippen molar-refractivity contribution in [2.75, 3.05) is 13.2 Å². The van der Waals surface area contributed by atoms with Crippen LogP contribution in [0.5, 0.6) is 0 Å². The molecule has 0 saturated heterocycles. The van der Waals surface area contributed by atoms with Gasteiger partial charge in [-0.1, -0.05) is 18.2 Å². The van der Waals surface area contributed by atoms with Crippen molar-refractivity contribution in [1.82, 2.24) is 4.98 Å². The third kappa shape index (κ3) is 3.06. The Labute approximate surface area is 108 Å². The van der Waals surface area contributed by atoms with Crippen LogP contribution in [-0.4, -0.2) is 18.2 Å². The van der Waals surface area contributed by atoms with E-state index in [1.807, 2.05) is 31.5 Å². The number of aromatic nitrogens is 1. The zero-order valence-electron chi connectivity index (χ0n) is 10.8. The first-order valence-electron chi connectivity index (χ1n) is 6.49. The van der Waals surface area contributed by atoms with Crippen LogP contribution in [0.1, 0.15) is 31.4 Å². The standard InChI is InChI=1S/C15H20N2O/c1-2-18-10-4-7-15(16)14-6-3-5-12-11-17-9-8-13(12)14/h3,5-6,8-9,11,15H,2,4,7,10,16H2,1H3. The fourth-order valence-corrected chi connectivity index (χ4v) is 2.18. The minimum atomic E-state index is 0.0663. The van der Waals surface area contributed by atoms with Crippen LogP contribution < -0.4 is 5.73 Å². The van der Waals surface area contributed by atoms with Gasteiger partial charge in [0, 0.05) is 37.0 Å². The fourth-order valence-electron chi connectivity index (χ4n) is 2.18. The summed E-state index contributed by atoms with van der Waals surface area (Å²) in [4.78, 5) is 4.14. The van der Waals surface area contributed by atoms with Gasteiger partial charge in [-0.2, -0.15) is 0 Å². The van der Waals surface area contributed by atoms with Crippen LogP contribution in [0.2, 0.25) is 0 Å². The summed E-state index contributed by atoms with van der Waals surface area (Å²) in [5.41, 5.74) is 7.47. The second-order valence-electron chi connectivity index (χ2n) is 4.39. The van der Waals surface area contributed by atoms with E-state index in [1.54, 1.807) is 0 Å². The molecule has 0 aliphatic carbocycles. The number of pyridine rings is 1. The van der Waals surface area contributed by atoms with Gasteiger partial charge in [0.05, 0.1) is 0 Å². The SMILES string of the molecule is CCOCCCC(N)c1cccc2cnccc12. The zero-order chi connectivity index (χ0) is 12.8. The van der Waals surface area contributed by atoms with E-state index in [2.05, 4.69) is 17.1 Å². The minimum absolute atomic E-state index is 0.0663. The Balaban J connectivity index is 2.10. The molecule has 96 valence electrons.